The maximum Gasteiger partial charge on any atom is 0.203 e. The number of rotatable bonds is 6. The summed E-state index contributed by atoms with van der Waals surface area (Å²) in [6.07, 6.45) is 0. The Morgan fingerprint density at radius 3 is 2.50 bits per heavy atom. The van der Waals surface area contributed by atoms with E-state index in [9.17, 15) is 0 Å². The summed E-state index contributed by atoms with van der Waals surface area (Å²) in [6.45, 7) is 5.56. The van der Waals surface area contributed by atoms with Gasteiger partial charge in [-0.15, -0.1) is 0 Å². The van der Waals surface area contributed by atoms with E-state index in [4.69, 9.17) is 9.47 Å². The molecule has 100 valence electrons. The molecule has 0 spiro atoms. The first-order valence-electron chi connectivity index (χ1n) is 6.38. The van der Waals surface area contributed by atoms with E-state index in [1.54, 1.807) is 14.2 Å². The lowest BCUT2D eigenvalue weighted by molar-refractivity contribution is -0.219. The Hall–Kier alpha value is -1.10. The smallest absolute Gasteiger partial charge is 0.203 e. The molecule has 4 heteroatoms. The van der Waals surface area contributed by atoms with Gasteiger partial charge in [0.25, 0.3) is 0 Å². The minimum atomic E-state index is -0.425. The van der Waals surface area contributed by atoms with Gasteiger partial charge in [-0.1, -0.05) is 25.1 Å². The Bertz CT molecular complexity index is 383. The van der Waals surface area contributed by atoms with E-state index in [0.29, 0.717) is 0 Å². The zero-order valence-corrected chi connectivity index (χ0v) is 11.4. The Kier molecular flexibility index (Phi) is 4.22. The molecule has 1 fully saturated rings. The fourth-order valence-electron chi connectivity index (χ4n) is 2.28. The quantitative estimate of drug-likeness (QED) is 0.778. The first kappa shape index (κ1) is 13.3. The predicted molar refractivity (Wildman–Crippen MR) is 72.8 cm³/mol. The van der Waals surface area contributed by atoms with Gasteiger partial charge in [-0.3, -0.25) is 0 Å². The third-order valence-electron chi connectivity index (χ3n) is 3.51. The van der Waals surface area contributed by atoms with Crippen LogP contribution in [-0.2, 0) is 16.0 Å². The van der Waals surface area contributed by atoms with Crippen molar-refractivity contribution in [1.29, 1.82) is 0 Å². The maximum absolute atomic E-state index is 5.42. The summed E-state index contributed by atoms with van der Waals surface area (Å²) >= 11 is 0. The van der Waals surface area contributed by atoms with Crippen LogP contribution >= 0.6 is 0 Å². The van der Waals surface area contributed by atoms with Crippen LogP contribution in [0.3, 0.4) is 0 Å². The first-order chi connectivity index (χ1) is 8.74. The van der Waals surface area contributed by atoms with E-state index < -0.39 is 5.79 Å². The van der Waals surface area contributed by atoms with Crippen LogP contribution in [0.5, 0.6) is 0 Å². The Labute approximate surface area is 109 Å². The van der Waals surface area contributed by atoms with Crippen molar-refractivity contribution in [3.63, 3.8) is 0 Å². The van der Waals surface area contributed by atoms with E-state index in [0.717, 1.165) is 26.2 Å². The summed E-state index contributed by atoms with van der Waals surface area (Å²) in [7, 11) is 3.40. The lowest BCUT2D eigenvalue weighted by atomic mass is 10.0. The first-order valence-corrected chi connectivity index (χ1v) is 6.38. The normalized spacial score (nSPS) is 17.6. The zero-order valence-electron chi connectivity index (χ0n) is 11.4. The molecule has 1 aliphatic heterocycles. The molecule has 0 unspecified atom stereocenters. The van der Waals surface area contributed by atoms with Crippen LogP contribution in [0.1, 0.15) is 12.5 Å². The number of hydrogen-bond acceptors (Lipinski definition) is 4. The largest absolute Gasteiger partial charge is 0.360 e. The molecule has 0 radical (unpaired) electrons. The van der Waals surface area contributed by atoms with Crippen molar-refractivity contribution in [2.24, 2.45) is 0 Å². The van der Waals surface area contributed by atoms with Gasteiger partial charge in [0.15, 0.2) is 0 Å². The van der Waals surface area contributed by atoms with Crippen LogP contribution in [-0.4, -0.2) is 39.6 Å². The molecule has 1 saturated heterocycles. The predicted octanol–water partition coefficient (Wildman–Crippen LogP) is 1.61. The number of hydrogen-bond donors (Lipinski definition) is 1. The lowest BCUT2D eigenvalue weighted by Crippen LogP contribution is -2.64. The highest BCUT2D eigenvalue weighted by atomic mass is 16.7. The molecule has 4 nitrogen and oxygen atoms in total. The van der Waals surface area contributed by atoms with Crippen LogP contribution in [0.4, 0.5) is 5.69 Å². The van der Waals surface area contributed by atoms with Crippen LogP contribution in [0.15, 0.2) is 24.3 Å². The average molecular weight is 250 g/mol. The third kappa shape index (κ3) is 2.51. The molecular weight excluding hydrogens is 228 g/mol. The molecule has 1 heterocycles. The molecule has 1 aliphatic rings. The molecule has 18 heavy (non-hydrogen) atoms. The molecule has 0 saturated carbocycles. The van der Waals surface area contributed by atoms with Crippen LogP contribution < -0.4 is 10.2 Å². The number of nitrogens with one attached hydrogen (secondary N) is 1. The Balaban J connectivity index is 2.06. The van der Waals surface area contributed by atoms with E-state index in [-0.39, 0.29) is 0 Å². The van der Waals surface area contributed by atoms with Crippen molar-refractivity contribution < 1.29 is 9.47 Å². The summed E-state index contributed by atoms with van der Waals surface area (Å²) in [5.41, 5.74) is 2.59. The topological polar surface area (TPSA) is 33.7 Å². The van der Waals surface area contributed by atoms with E-state index in [1.807, 2.05) is 0 Å². The number of benzene rings is 1. The molecule has 0 aromatic heterocycles. The average Bonchev–Trinajstić information content (AvgIpc) is 2.37. The number of nitrogens with zero attached hydrogens (tertiary/aromatic N) is 1. The van der Waals surface area contributed by atoms with E-state index in [2.05, 4.69) is 41.4 Å². The minimum absolute atomic E-state index is 0.425. The van der Waals surface area contributed by atoms with Gasteiger partial charge in [-0.2, -0.15) is 0 Å². The van der Waals surface area contributed by atoms with Gasteiger partial charge in [0.2, 0.25) is 5.79 Å². The summed E-state index contributed by atoms with van der Waals surface area (Å²) in [5.74, 6) is -0.425. The summed E-state index contributed by atoms with van der Waals surface area (Å²) in [6, 6.07) is 8.47. The number of methoxy groups -OCH3 is 2. The van der Waals surface area contributed by atoms with Crippen LogP contribution in [0.2, 0.25) is 0 Å². The standard InChI is InChI=1S/C14H22N2O2/c1-4-15-9-12-7-5-6-8-13(12)16-10-14(11-16,17-2)18-3/h5-8,15H,4,9-11H2,1-3H3. The molecule has 0 atom stereocenters. The summed E-state index contributed by atoms with van der Waals surface area (Å²) in [4.78, 5) is 2.29. The highest BCUT2D eigenvalue weighted by Crippen LogP contribution is 2.32. The van der Waals surface area contributed by atoms with Gasteiger partial charge in [0, 0.05) is 26.5 Å². The van der Waals surface area contributed by atoms with Crippen LogP contribution in [0, 0.1) is 0 Å². The second-order valence-corrected chi connectivity index (χ2v) is 4.58. The van der Waals surface area contributed by atoms with Gasteiger partial charge in [0.1, 0.15) is 0 Å². The highest BCUT2D eigenvalue weighted by Gasteiger charge is 2.44. The maximum atomic E-state index is 5.42. The fourth-order valence-corrected chi connectivity index (χ4v) is 2.28. The van der Waals surface area contributed by atoms with Crippen molar-refractivity contribution in [3.8, 4) is 0 Å². The second kappa shape index (κ2) is 5.69. The minimum Gasteiger partial charge on any atom is -0.360 e. The molecule has 0 bridgehead atoms. The highest BCUT2D eigenvalue weighted by molar-refractivity contribution is 5.56. The van der Waals surface area contributed by atoms with E-state index >= 15 is 0 Å². The molecule has 2 rings (SSSR count). The van der Waals surface area contributed by atoms with Gasteiger partial charge in [-0.25, -0.2) is 0 Å². The van der Waals surface area contributed by atoms with Crippen molar-refractivity contribution in [2.45, 2.75) is 19.3 Å². The molecule has 1 aromatic rings. The monoisotopic (exact) mass is 250 g/mol. The zero-order chi connectivity index (χ0) is 13.0. The summed E-state index contributed by atoms with van der Waals surface area (Å²) < 4.78 is 10.8. The fraction of sp³-hybridized carbons (Fsp3) is 0.571. The van der Waals surface area contributed by atoms with Crippen molar-refractivity contribution in [3.05, 3.63) is 29.8 Å². The Morgan fingerprint density at radius 1 is 1.22 bits per heavy atom. The van der Waals surface area contributed by atoms with Crippen LogP contribution in [0.25, 0.3) is 0 Å². The van der Waals surface area contributed by atoms with Crippen molar-refractivity contribution in [2.75, 3.05) is 38.8 Å². The van der Waals surface area contributed by atoms with Gasteiger partial charge in [-0.05, 0) is 18.2 Å². The van der Waals surface area contributed by atoms with Gasteiger partial charge < -0.3 is 19.7 Å². The molecular formula is C14H22N2O2. The number of para-hydroxylation sites is 1. The third-order valence-corrected chi connectivity index (χ3v) is 3.51. The lowest BCUT2D eigenvalue weighted by Gasteiger charge is -2.49. The summed E-state index contributed by atoms with van der Waals surface area (Å²) in [5, 5.41) is 3.37. The number of ether oxygens (including phenoxy) is 2. The van der Waals surface area contributed by atoms with Gasteiger partial charge >= 0.3 is 0 Å². The number of anilines is 1. The molecule has 0 aliphatic carbocycles. The second-order valence-electron chi connectivity index (χ2n) is 4.58. The SMILES string of the molecule is CCNCc1ccccc1N1CC(OC)(OC)C1. The van der Waals surface area contributed by atoms with Crippen molar-refractivity contribution in [1.82, 2.24) is 5.32 Å². The van der Waals surface area contributed by atoms with E-state index in [1.165, 1.54) is 11.3 Å². The molecule has 1 N–H and O–H groups in total. The Morgan fingerprint density at radius 2 is 1.89 bits per heavy atom. The van der Waals surface area contributed by atoms with Crippen molar-refractivity contribution >= 4 is 5.69 Å². The van der Waals surface area contributed by atoms with Gasteiger partial charge in [0.05, 0.1) is 13.1 Å². The molecule has 0 amide bonds. The molecule has 1 aromatic carbocycles.